The van der Waals surface area contributed by atoms with E-state index in [0.717, 1.165) is 5.56 Å². The van der Waals surface area contributed by atoms with Crippen LogP contribution < -0.4 is 5.73 Å². The monoisotopic (exact) mass is 236 g/mol. The molecule has 0 spiro atoms. The van der Waals surface area contributed by atoms with Gasteiger partial charge in [0.15, 0.2) is 0 Å². The Balaban J connectivity index is 3.22. The molecule has 1 aromatic rings. The highest BCUT2D eigenvalue weighted by atomic mass is 19.1. The van der Waals surface area contributed by atoms with E-state index < -0.39 is 0 Å². The zero-order valence-electron chi connectivity index (χ0n) is 11.2. The van der Waals surface area contributed by atoms with Crippen LogP contribution in [-0.4, -0.2) is 11.9 Å². The van der Waals surface area contributed by atoms with Crippen molar-refractivity contribution in [2.75, 3.05) is 0 Å². The third kappa shape index (κ3) is 3.55. The van der Waals surface area contributed by atoms with Gasteiger partial charge < -0.3 is 5.73 Å². The van der Waals surface area contributed by atoms with Gasteiger partial charge in [0.2, 0.25) is 0 Å². The summed E-state index contributed by atoms with van der Waals surface area (Å²) in [6.07, 6.45) is 0. The standard InChI is InChI=1S/C14H21FN2/c1-9(2)17-13(16)10-6-7-12(15)11(8-10)14(3,4)5/h6-9H,1-5H3,(H2,16,17). The van der Waals surface area contributed by atoms with Crippen molar-refractivity contribution in [2.45, 2.75) is 46.1 Å². The van der Waals surface area contributed by atoms with Gasteiger partial charge in [0.05, 0.1) is 0 Å². The molecular weight excluding hydrogens is 215 g/mol. The predicted molar refractivity (Wildman–Crippen MR) is 71.0 cm³/mol. The molecule has 3 heteroatoms. The Bertz CT molecular complexity index is 428. The molecule has 0 unspecified atom stereocenters. The summed E-state index contributed by atoms with van der Waals surface area (Å²) in [5, 5.41) is 0. The molecule has 94 valence electrons. The number of aliphatic imine (C=N–C) groups is 1. The largest absolute Gasteiger partial charge is 0.383 e. The minimum absolute atomic E-state index is 0.137. The molecule has 0 heterocycles. The number of hydrogen-bond donors (Lipinski definition) is 1. The molecule has 0 bridgehead atoms. The van der Waals surface area contributed by atoms with Crippen molar-refractivity contribution in [3.63, 3.8) is 0 Å². The fraction of sp³-hybridized carbons (Fsp3) is 0.500. The van der Waals surface area contributed by atoms with Gasteiger partial charge in [-0.05, 0) is 43.0 Å². The molecular formula is C14H21FN2. The number of halogens is 1. The smallest absolute Gasteiger partial charge is 0.126 e. The highest BCUT2D eigenvalue weighted by molar-refractivity contribution is 5.97. The Hall–Kier alpha value is -1.38. The first-order chi connectivity index (χ1) is 7.71. The topological polar surface area (TPSA) is 38.4 Å². The maximum atomic E-state index is 13.7. The van der Waals surface area contributed by atoms with E-state index in [-0.39, 0.29) is 17.3 Å². The van der Waals surface area contributed by atoms with Gasteiger partial charge >= 0.3 is 0 Å². The van der Waals surface area contributed by atoms with Crippen LogP contribution in [0.4, 0.5) is 4.39 Å². The van der Waals surface area contributed by atoms with Gasteiger partial charge in [0.25, 0.3) is 0 Å². The van der Waals surface area contributed by atoms with Gasteiger partial charge in [0, 0.05) is 11.6 Å². The average molecular weight is 236 g/mol. The SMILES string of the molecule is CC(C)N=C(N)c1ccc(F)c(C(C)(C)C)c1. The maximum Gasteiger partial charge on any atom is 0.126 e. The Morgan fingerprint density at radius 2 is 1.88 bits per heavy atom. The van der Waals surface area contributed by atoms with Crippen LogP contribution in [0.5, 0.6) is 0 Å². The molecule has 0 aliphatic rings. The Morgan fingerprint density at radius 3 is 2.35 bits per heavy atom. The van der Waals surface area contributed by atoms with E-state index in [1.54, 1.807) is 12.1 Å². The fourth-order valence-electron chi connectivity index (χ4n) is 1.61. The predicted octanol–water partition coefficient (Wildman–Crippen LogP) is 3.24. The molecule has 2 nitrogen and oxygen atoms in total. The van der Waals surface area contributed by atoms with Crippen molar-refractivity contribution >= 4 is 5.84 Å². The van der Waals surface area contributed by atoms with Crippen LogP contribution in [-0.2, 0) is 5.41 Å². The van der Waals surface area contributed by atoms with E-state index in [1.165, 1.54) is 6.07 Å². The van der Waals surface area contributed by atoms with Gasteiger partial charge in [-0.3, -0.25) is 4.99 Å². The lowest BCUT2D eigenvalue weighted by Crippen LogP contribution is -2.19. The number of nitrogens with two attached hydrogens (primary N) is 1. The second-order valence-electron chi connectivity index (χ2n) is 5.55. The Morgan fingerprint density at radius 1 is 1.29 bits per heavy atom. The third-order valence-electron chi connectivity index (χ3n) is 2.47. The fourth-order valence-corrected chi connectivity index (χ4v) is 1.61. The highest BCUT2D eigenvalue weighted by Gasteiger charge is 2.19. The summed E-state index contributed by atoms with van der Waals surface area (Å²) in [6, 6.07) is 5.05. The van der Waals surface area contributed by atoms with Crippen LogP contribution in [0.1, 0.15) is 45.7 Å². The summed E-state index contributed by atoms with van der Waals surface area (Å²) >= 11 is 0. The summed E-state index contributed by atoms with van der Waals surface area (Å²) in [7, 11) is 0. The van der Waals surface area contributed by atoms with E-state index in [4.69, 9.17) is 5.73 Å². The van der Waals surface area contributed by atoms with Crippen molar-refractivity contribution in [3.05, 3.63) is 35.1 Å². The van der Waals surface area contributed by atoms with Crippen LogP contribution >= 0.6 is 0 Å². The third-order valence-corrected chi connectivity index (χ3v) is 2.47. The quantitative estimate of drug-likeness (QED) is 0.621. The lowest BCUT2D eigenvalue weighted by Gasteiger charge is -2.20. The molecule has 0 radical (unpaired) electrons. The van der Waals surface area contributed by atoms with Gasteiger partial charge in [-0.15, -0.1) is 0 Å². The first-order valence-corrected chi connectivity index (χ1v) is 5.85. The van der Waals surface area contributed by atoms with Crippen LogP contribution in [0.3, 0.4) is 0 Å². The first kappa shape index (κ1) is 13.7. The van der Waals surface area contributed by atoms with Gasteiger partial charge in [-0.25, -0.2) is 4.39 Å². The minimum atomic E-state index is -0.238. The molecule has 0 aliphatic heterocycles. The van der Waals surface area contributed by atoms with Crippen molar-refractivity contribution in [1.82, 2.24) is 0 Å². The van der Waals surface area contributed by atoms with E-state index in [9.17, 15) is 4.39 Å². The second-order valence-corrected chi connectivity index (χ2v) is 5.55. The number of rotatable bonds is 2. The van der Waals surface area contributed by atoms with Crippen LogP contribution in [0.15, 0.2) is 23.2 Å². The minimum Gasteiger partial charge on any atom is -0.383 e. The molecule has 0 saturated heterocycles. The molecule has 1 aromatic carbocycles. The van der Waals surface area contributed by atoms with Crippen molar-refractivity contribution in [3.8, 4) is 0 Å². The molecule has 0 aromatic heterocycles. The van der Waals surface area contributed by atoms with E-state index in [1.807, 2.05) is 34.6 Å². The normalized spacial score (nSPS) is 13.2. The van der Waals surface area contributed by atoms with Crippen LogP contribution in [0, 0.1) is 5.82 Å². The van der Waals surface area contributed by atoms with Crippen molar-refractivity contribution < 1.29 is 4.39 Å². The molecule has 0 atom stereocenters. The second kappa shape index (κ2) is 4.86. The van der Waals surface area contributed by atoms with Gasteiger partial charge in [-0.1, -0.05) is 20.8 Å². The Kier molecular flexibility index (Phi) is 3.91. The molecule has 0 aliphatic carbocycles. The van der Waals surface area contributed by atoms with E-state index in [0.29, 0.717) is 11.4 Å². The molecule has 17 heavy (non-hydrogen) atoms. The molecule has 1 rings (SSSR count). The molecule has 0 amide bonds. The summed E-state index contributed by atoms with van der Waals surface area (Å²) in [5.74, 6) is 0.268. The van der Waals surface area contributed by atoms with Crippen LogP contribution in [0.2, 0.25) is 0 Å². The lowest BCUT2D eigenvalue weighted by molar-refractivity contribution is 0.523. The zero-order valence-corrected chi connectivity index (χ0v) is 11.2. The lowest BCUT2D eigenvalue weighted by atomic mass is 9.85. The number of nitrogens with zero attached hydrogens (tertiary/aromatic N) is 1. The molecule has 0 saturated carbocycles. The van der Waals surface area contributed by atoms with Gasteiger partial charge in [0.1, 0.15) is 11.7 Å². The summed E-state index contributed by atoms with van der Waals surface area (Å²) < 4.78 is 13.7. The summed E-state index contributed by atoms with van der Waals surface area (Å²) in [5.41, 5.74) is 7.09. The van der Waals surface area contributed by atoms with E-state index in [2.05, 4.69) is 4.99 Å². The highest BCUT2D eigenvalue weighted by Crippen LogP contribution is 2.25. The average Bonchev–Trinajstić information content (AvgIpc) is 2.15. The number of benzene rings is 1. The van der Waals surface area contributed by atoms with Gasteiger partial charge in [-0.2, -0.15) is 0 Å². The molecule has 0 fully saturated rings. The number of hydrogen-bond acceptors (Lipinski definition) is 1. The zero-order chi connectivity index (χ0) is 13.2. The summed E-state index contributed by atoms with van der Waals surface area (Å²) in [4.78, 5) is 4.27. The number of amidine groups is 1. The maximum absolute atomic E-state index is 13.7. The van der Waals surface area contributed by atoms with Crippen molar-refractivity contribution in [2.24, 2.45) is 10.7 Å². The van der Waals surface area contributed by atoms with Crippen LogP contribution in [0.25, 0.3) is 0 Å². The first-order valence-electron chi connectivity index (χ1n) is 5.85. The van der Waals surface area contributed by atoms with Crippen molar-refractivity contribution in [1.29, 1.82) is 0 Å². The Labute approximate surface area is 103 Å². The molecule has 2 N–H and O–H groups in total. The van der Waals surface area contributed by atoms with E-state index >= 15 is 0 Å². The summed E-state index contributed by atoms with van der Waals surface area (Å²) in [6.45, 7) is 9.85.